The number of ether oxygens (including phenoxy) is 3. The molecule has 2 aromatic carbocycles. The number of esters is 2. The number of hydrogen-bond acceptors (Lipinski definition) is 6. The fourth-order valence-corrected chi connectivity index (χ4v) is 3.35. The third-order valence-corrected chi connectivity index (χ3v) is 4.46. The number of benzene rings is 2. The van der Waals surface area contributed by atoms with Gasteiger partial charge in [-0.05, 0) is 11.6 Å². The highest BCUT2D eigenvalue weighted by atomic mass is 16.7. The van der Waals surface area contributed by atoms with Crippen molar-refractivity contribution in [1.82, 2.24) is 0 Å². The van der Waals surface area contributed by atoms with E-state index < -0.39 is 24.1 Å². The summed E-state index contributed by atoms with van der Waals surface area (Å²) < 4.78 is 16.3. The van der Waals surface area contributed by atoms with Crippen LogP contribution in [-0.2, 0) is 23.9 Å². The van der Waals surface area contributed by atoms with Gasteiger partial charge in [0.15, 0.2) is 0 Å². The Morgan fingerprint density at radius 1 is 1.04 bits per heavy atom. The van der Waals surface area contributed by atoms with Gasteiger partial charge in [-0.15, -0.1) is 0 Å². The van der Waals surface area contributed by atoms with Gasteiger partial charge in [0.25, 0.3) is 6.29 Å². The van der Waals surface area contributed by atoms with Crippen molar-refractivity contribution in [3.8, 4) is 5.75 Å². The molecular weight excluding hydrogens is 348 g/mol. The minimum Gasteiger partial charge on any atom is -0.493 e. The second-order valence-corrected chi connectivity index (χ2v) is 6.30. The van der Waals surface area contributed by atoms with Gasteiger partial charge in [0, 0.05) is 30.9 Å². The molecule has 2 atom stereocenters. The molecule has 1 heterocycles. The highest BCUT2D eigenvalue weighted by Crippen LogP contribution is 2.44. The highest BCUT2D eigenvalue weighted by molar-refractivity contribution is 5.71. The Bertz CT molecular complexity index is 829. The maximum Gasteiger partial charge on any atom is 0.305 e. The molecule has 1 aliphatic rings. The zero-order chi connectivity index (χ0) is 19.4. The SMILES string of the molecule is CC(=O)OC(OC(C)=O)c1cccc2c1C(C=O)C(c1ccccc1)CO2. The normalized spacial score (nSPS) is 18.2. The van der Waals surface area contributed by atoms with Gasteiger partial charge in [-0.25, -0.2) is 0 Å². The van der Waals surface area contributed by atoms with Crippen LogP contribution in [0.25, 0.3) is 0 Å². The molecule has 0 saturated heterocycles. The first-order valence-electron chi connectivity index (χ1n) is 8.61. The molecule has 2 unspecified atom stereocenters. The molecule has 0 aromatic heterocycles. The standard InChI is InChI=1S/C21H20O6/c1-13(23)26-21(27-14(2)24)16-9-6-10-19-20(16)17(11-22)18(12-25-19)15-7-4-3-5-8-15/h3-11,17-18,21H,12H2,1-2H3. The Morgan fingerprint density at radius 3 is 2.30 bits per heavy atom. The minimum atomic E-state index is -1.24. The molecule has 0 spiro atoms. The van der Waals surface area contributed by atoms with E-state index in [-0.39, 0.29) is 5.92 Å². The average molecular weight is 368 g/mol. The maximum absolute atomic E-state index is 12.1. The first-order valence-corrected chi connectivity index (χ1v) is 8.61. The summed E-state index contributed by atoms with van der Waals surface area (Å²) in [6.07, 6.45) is -0.378. The van der Waals surface area contributed by atoms with Crippen molar-refractivity contribution in [1.29, 1.82) is 0 Å². The summed E-state index contributed by atoms with van der Waals surface area (Å²) in [5, 5.41) is 0. The van der Waals surface area contributed by atoms with Crippen molar-refractivity contribution in [2.45, 2.75) is 32.0 Å². The van der Waals surface area contributed by atoms with Gasteiger partial charge in [-0.1, -0.05) is 42.5 Å². The fourth-order valence-electron chi connectivity index (χ4n) is 3.35. The van der Waals surface area contributed by atoms with Crippen LogP contribution in [0.5, 0.6) is 5.75 Å². The van der Waals surface area contributed by atoms with E-state index in [4.69, 9.17) is 14.2 Å². The number of aldehydes is 1. The van der Waals surface area contributed by atoms with Crippen molar-refractivity contribution < 1.29 is 28.6 Å². The van der Waals surface area contributed by atoms with Crippen molar-refractivity contribution in [3.63, 3.8) is 0 Å². The van der Waals surface area contributed by atoms with Crippen molar-refractivity contribution in [2.24, 2.45) is 0 Å². The van der Waals surface area contributed by atoms with Crippen molar-refractivity contribution >= 4 is 18.2 Å². The van der Waals surface area contributed by atoms with Crippen LogP contribution in [0.4, 0.5) is 0 Å². The van der Waals surface area contributed by atoms with E-state index in [0.717, 1.165) is 11.8 Å². The summed E-state index contributed by atoms with van der Waals surface area (Å²) in [4.78, 5) is 35.1. The Morgan fingerprint density at radius 2 is 1.70 bits per heavy atom. The molecule has 1 aliphatic heterocycles. The number of carbonyl (C=O) groups is 3. The van der Waals surface area contributed by atoms with Gasteiger partial charge in [0.2, 0.25) is 0 Å². The molecule has 0 amide bonds. The topological polar surface area (TPSA) is 78.9 Å². The molecule has 140 valence electrons. The van der Waals surface area contributed by atoms with E-state index in [2.05, 4.69) is 0 Å². The van der Waals surface area contributed by atoms with E-state index in [0.29, 0.717) is 23.5 Å². The number of carbonyl (C=O) groups excluding carboxylic acids is 3. The van der Waals surface area contributed by atoms with Gasteiger partial charge in [-0.3, -0.25) is 9.59 Å². The summed E-state index contributed by atoms with van der Waals surface area (Å²) in [5.41, 5.74) is 1.96. The third-order valence-electron chi connectivity index (χ3n) is 4.46. The predicted molar refractivity (Wildman–Crippen MR) is 96.2 cm³/mol. The lowest BCUT2D eigenvalue weighted by Gasteiger charge is -2.33. The minimum absolute atomic E-state index is 0.201. The summed E-state index contributed by atoms with van der Waals surface area (Å²) in [6.45, 7) is 2.80. The summed E-state index contributed by atoms with van der Waals surface area (Å²) in [5.74, 6) is -1.41. The quantitative estimate of drug-likeness (QED) is 0.458. The molecular formula is C21H20O6. The van der Waals surface area contributed by atoms with Crippen LogP contribution < -0.4 is 4.74 Å². The van der Waals surface area contributed by atoms with E-state index >= 15 is 0 Å². The van der Waals surface area contributed by atoms with E-state index in [1.165, 1.54) is 13.8 Å². The van der Waals surface area contributed by atoms with E-state index in [1.807, 2.05) is 30.3 Å². The number of rotatable bonds is 5. The van der Waals surface area contributed by atoms with Crippen LogP contribution in [0.1, 0.15) is 48.7 Å². The Labute approximate surface area is 157 Å². The van der Waals surface area contributed by atoms with Crippen LogP contribution in [0.3, 0.4) is 0 Å². The summed E-state index contributed by atoms with van der Waals surface area (Å²) in [6, 6.07) is 14.7. The maximum atomic E-state index is 12.1. The predicted octanol–water partition coefficient (Wildman–Crippen LogP) is 3.27. The molecule has 3 rings (SSSR count). The monoisotopic (exact) mass is 368 g/mol. The molecule has 0 saturated carbocycles. The van der Waals surface area contributed by atoms with Gasteiger partial charge in [-0.2, -0.15) is 0 Å². The third kappa shape index (κ3) is 4.00. The number of hydrogen-bond donors (Lipinski definition) is 0. The largest absolute Gasteiger partial charge is 0.493 e. The summed E-state index contributed by atoms with van der Waals surface area (Å²) in [7, 11) is 0. The van der Waals surface area contributed by atoms with E-state index in [1.54, 1.807) is 18.2 Å². The molecule has 0 aliphatic carbocycles. The first kappa shape index (κ1) is 18.6. The first-order chi connectivity index (χ1) is 13.0. The molecule has 0 bridgehead atoms. The lowest BCUT2D eigenvalue weighted by atomic mass is 9.79. The van der Waals surface area contributed by atoms with Crippen LogP contribution in [0.15, 0.2) is 48.5 Å². The summed E-state index contributed by atoms with van der Waals surface area (Å²) >= 11 is 0. The molecule has 0 fully saturated rings. The Kier molecular flexibility index (Phi) is 5.54. The van der Waals surface area contributed by atoms with Crippen LogP contribution in [0.2, 0.25) is 0 Å². The van der Waals surface area contributed by atoms with Crippen LogP contribution in [-0.4, -0.2) is 24.8 Å². The molecule has 2 aromatic rings. The average Bonchev–Trinajstić information content (AvgIpc) is 2.66. The zero-order valence-corrected chi connectivity index (χ0v) is 15.1. The van der Waals surface area contributed by atoms with Crippen molar-refractivity contribution in [3.05, 3.63) is 65.2 Å². The zero-order valence-electron chi connectivity index (χ0n) is 15.1. The molecule has 0 radical (unpaired) electrons. The van der Waals surface area contributed by atoms with Gasteiger partial charge < -0.3 is 19.0 Å². The Balaban J connectivity index is 2.08. The van der Waals surface area contributed by atoms with Gasteiger partial charge >= 0.3 is 11.9 Å². The fraction of sp³-hybridized carbons (Fsp3) is 0.286. The van der Waals surface area contributed by atoms with Crippen LogP contribution in [0, 0.1) is 0 Å². The van der Waals surface area contributed by atoms with Crippen molar-refractivity contribution in [2.75, 3.05) is 6.61 Å². The smallest absolute Gasteiger partial charge is 0.305 e. The Hall–Kier alpha value is -3.15. The molecule has 6 nitrogen and oxygen atoms in total. The molecule has 27 heavy (non-hydrogen) atoms. The second kappa shape index (κ2) is 8.03. The van der Waals surface area contributed by atoms with Gasteiger partial charge in [0.05, 0.1) is 12.5 Å². The van der Waals surface area contributed by atoms with Gasteiger partial charge in [0.1, 0.15) is 12.0 Å². The van der Waals surface area contributed by atoms with E-state index in [9.17, 15) is 14.4 Å². The van der Waals surface area contributed by atoms with Crippen LogP contribution >= 0.6 is 0 Å². The molecule has 0 N–H and O–H groups in total. The highest BCUT2D eigenvalue weighted by Gasteiger charge is 2.36. The second-order valence-electron chi connectivity index (χ2n) is 6.30. The lowest BCUT2D eigenvalue weighted by Crippen LogP contribution is -2.28. The lowest BCUT2D eigenvalue weighted by molar-refractivity contribution is -0.186. The molecule has 6 heteroatoms. The number of fused-ring (bicyclic) bond motifs is 1.